The van der Waals surface area contributed by atoms with E-state index >= 15 is 0 Å². The van der Waals surface area contributed by atoms with E-state index in [0.29, 0.717) is 0 Å². The minimum atomic E-state index is -1.42. The lowest BCUT2D eigenvalue weighted by atomic mass is 10.2. The molecule has 2 atom stereocenters. The Balaban J connectivity index is 4.33. The topological polar surface area (TPSA) is 145 Å². The fourth-order valence-corrected chi connectivity index (χ4v) is 0.937. The lowest BCUT2D eigenvalue weighted by Gasteiger charge is -2.17. The van der Waals surface area contributed by atoms with E-state index in [1.165, 1.54) is 0 Å². The monoisotopic (exact) mass is 276 g/mol. The smallest absolute Gasteiger partial charge is 0.329 e. The molecular formula is C10H16N2O7. The molecule has 19 heavy (non-hydrogen) atoms. The van der Waals surface area contributed by atoms with Crippen LogP contribution in [0.15, 0.2) is 0 Å². The van der Waals surface area contributed by atoms with Crippen molar-refractivity contribution in [3.8, 4) is 0 Å². The highest BCUT2D eigenvalue weighted by atomic mass is 16.5. The lowest BCUT2D eigenvalue weighted by molar-refractivity contribution is -0.150. The van der Waals surface area contributed by atoms with Gasteiger partial charge in [0.1, 0.15) is 19.3 Å². The molecule has 0 saturated heterocycles. The number of ether oxygens (including phenoxy) is 2. The van der Waals surface area contributed by atoms with E-state index in [1.54, 1.807) is 0 Å². The van der Waals surface area contributed by atoms with Gasteiger partial charge in [-0.15, -0.1) is 0 Å². The van der Waals surface area contributed by atoms with Gasteiger partial charge in [0.05, 0.1) is 0 Å². The standard InChI is InChI=1S/C10H16N2O7/c1-5(13)18-3-7(11)9(15)12-8(10(16)17)4-19-6(2)14/h7-8H,3-4,11H2,1-2H3,(H,12,15)(H,16,17)/t7-,8-/m0/s1. The number of nitrogens with one attached hydrogen (secondary N) is 1. The van der Waals surface area contributed by atoms with Crippen LogP contribution in [-0.2, 0) is 28.7 Å². The molecule has 9 nitrogen and oxygen atoms in total. The Bertz CT molecular complexity index is 369. The van der Waals surface area contributed by atoms with Gasteiger partial charge < -0.3 is 25.6 Å². The summed E-state index contributed by atoms with van der Waals surface area (Å²) in [6.07, 6.45) is 0. The number of carbonyl (C=O) groups is 4. The number of aliphatic carboxylic acids is 1. The molecule has 0 aromatic heterocycles. The number of nitrogens with two attached hydrogens (primary N) is 1. The Kier molecular flexibility index (Phi) is 7.12. The predicted molar refractivity (Wildman–Crippen MR) is 60.8 cm³/mol. The van der Waals surface area contributed by atoms with Crippen LogP contribution < -0.4 is 11.1 Å². The first-order chi connectivity index (χ1) is 8.73. The largest absolute Gasteiger partial charge is 0.480 e. The van der Waals surface area contributed by atoms with Crippen molar-refractivity contribution in [3.63, 3.8) is 0 Å². The van der Waals surface area contributed by atoms with E-state index in [2.05, 4.69) is 14.8 Å². The second-order valence-corrected chi connectivity index (χ2v) is 3.61. The summed E-state index contributed by atoms with van der Waals surface area (Å²) in [6.45, 7) is 1.36. The van der Waals surface area contributed by atoms with Gasteiger partial charge in [0.25, 0.3) is 0 Å². The fraction of sp³-hybridized carbons (Fsp3) is 0.600. The summed E-state index contributed by atoms with van der Waals surface area (Å²) in [6, 6.07) is -2.62. The van der Waals surface area contributed by atoms with Crippen LogP contribution in [0.25, 0.3) is 0 Å². The van der Waals surface area contributed by atoms with Crippen molar-refractivity contribution in [2.75, 3.05) is 13.2 Å². The van der Waals surface area contributed by atoms with Crippen LogP contribution in [-0.4, -0.2) is 54.2 Å². The number of esters is 2. The van der Waals surface area contributed by atoms with Crippen LogP contribution >= 0.6 is 0 Å². The van der Waals surface area contributed by atoms with E-state index in [-0.39, 0.29) is 6.61 Å². The third kappa shape index (κ3) is 7.71. The molecule has 0 rings (SSSR count). The normalized spacial score (nSPS) is 13.0. The van der Waals surface area contributed by atoms with Crippen LogP contribution in [0.3, 0.4) is 0 Å². The number of carbonyl (C=O) groups excluding carboxylic acids is 3. The molecule has 0 fully saturated rings. The molecule has 0 aliphatic rings. The zero-order valence-electron chi connectivity index (χ0n) is 10.5. The molecular weight excluding hydrogens is 260 g/mol. The molecule has 0 aliphatic carbocycles. The maximum absolute atomic E-state index is 11.5. The summed E-state index contributed by atoms with van der Waals surface area (Å²) in [5, 5.41) is 10.9. The number of hydrogen-bond donors (Lipinski definition) is 3. The maximum Gasteiger partial charge on any atom is 0.329 e. The molecule has 0 aromatic rings. The average molecular weight is 276 g/mol. The van der Waals surface area contributed by atoms with Crippen LogP contribution in [0.1, 0.15) is 13.8 Å². The van der Waals surface area contributed by atoms with Gasteiger partial charge >= 0.3 is 17.9 Å². The average Bonchev–Trinajstić information content (AvgIpc) is 2.30. The summed E-state index contributed by atoms with van der Waals surface area (Å²) in [4.78, 5) is 43.4. The van der Waals surface area contributed by atoms with Crippen molar-refractivity contribution in [2.24, 2.45) is 5.73 Å². The van der Waals surface area contributed by atoms with E-state index in [4.69, 9.17) is 10.8 Å². The van der Waals surface area contributed by atoms with Gasteiger partial charge in [0.2, 0.25) is 5.91 Å². The highest BCUT2D eigenvalue weighted by Gasteiger charge is 2.24. The fourth-order valence-electron chi connectivity index (χ4n) is 0.937. The Hall–Kier alpha value is -2.16. The first-order valence-electron chi connectivity index (χ1n) is 5.29. The molecule has 0 saturated carbocycles. The highest BCUT2D eigenvalue weighted by Crippen LogP contribution is 1.91. The molecule has 1 amide bonds. The van der Waals surface area contributed by atoms with E-state index in [9.17, 15) is 19.2 Å². The minimum Gasteiger partial charge on any atom is -0.480 e. The van der Waals surface area contributed by atoms with E-state index in [1.807, 2.05) is 0 Å². The van der Waals surface area contributed by atoms with E-state index < -0.39 is 42.5 Å². The molecule has 0 aliphatic heterocycles. The molecule has 0 spiro atoms. The van der Waals surface area contributed by atoms with E-state index in [0.717, 1.165) is 13.8 Å². The zero-order chi connectivity index (χ0) is 15.0. The SMILES string of the molecule is CC(=O)OC[C@H](NC(=O)[C@@H](N)COC(C)=O)C(=O)O. The van der Waals surface area contributed by atoms with Crippen molar-refractivity contribution < 1.29 is 33.8 Å². The molecule has 0 radical (unpaired) electrons. The quantitative estimate of drug-likeness (QED) is 0.453. The molecule has 4 N–H and O–H groups in total. The highest BCUT2D eigenvalue weighted by molar-refractivity contribution is 5.87. The van der Waals surface area contributed by atoms with Gasteiger partial charge in [0.15, 0.2) is 6.04 Å². The molecule has 0 bridgehead atoms. The van der Waals surface area contributed by atoms with Crippen molar-refractivity contribution in [3.05, 3.63) is 0 Å². The maximum atomic E-state index is 11.5. The number of rotatable bonds is 7. The van der Waals surface area contributed by atoms with Crippen molar-refractivity contribution in [1.82, 2.24) is 5.32 Å². The van der Waals surface area contributed by atoms with Crippen molar-refractivity contribution in [2.45, 2.75) is 25.9 Å². The Morgan fingerprint density at radius 1 is 1.11 bits per heavy atom. The first kappa shape index (κ1) is 16.8. The van der Waals surface area contributed by atoms with Gasteiger partial charge in [-0.3, -0.25) is 14.4 Å². The van der Waals surface area contributed by atoms with Gasteiger partial charge in [-0.05, 0) is 0 Å². The number of carboxylic acids is 1. The number of amides is 1. The van der Waals surface area contributed by atoms with Gasteiger partial charge in [-0.1, -0.05) is 0 Å². The number of carboxylic acid groups (broad SMARTS) is 1. The summed E-state index contributed by atoms with van der Waals surface area (Å²) < 4.78 is 8.99. The summed E-state index contributed by atoms with van der Waals surface area (Å²) in [5.41, 5.74) is 5.38. The predicted octanol–water partition coefficient (Wildman–Crippen LogP) is -1.99. The summed E-state index contributed by atoms with van der Waals surface area (Å²) >= 11 is 0. The second kappa shape index (κ2) is 8.03. The number of hydrogen-bond acceptors (Lipinski definition) is 7. The van der Waals surface area contributed by atoms with Crippen LogP contribution in [0.4, 0.5) is 0 Å². The first-order valence-corrected chi connectivity index (χ1v) is 5.29. The van der Waals surface area contributed by atoms with Gasteiger partial charge in [0, 0.05) is 13.8 Å². The van der Waals surface area contributed by atoms with Crippen LogP contribution in [0.2, 0.25) is 0 Å². The summed E-state index contributed by atoms with van der Waals surface area (Å²) in [5.74, 6) is -3.50. The second-order valence-electron chi connectivity index (χ2n) is 3.61. The van der Waals surface area contributed by atoms with Crippen LogP contribution in [0.5, 0.6) is 0 Å². The molecule has 108 valence electrons. The van der Waals surface area contributed by atoms with Crippen molar-refractivity contribution in [1.29, 1.82) is 0 Å². The molecule has 0 heterocycles. The Morgan fingerprint density at radius 2 is 1.58 bits per heavy atom. The molecule has 0 unspecified atom stereocenters. The molecule has 9 heteroatoms. The van der Waals surface area contributed by atoms with Crippen molar-refractivity contribution >= 4 is 23.8 Å². The molecule has 0 aromatic carbocycles. The third-order valence-electron chi connectivity index (χ3n) is 1.87. The summed E-state index contributed by atoms with van der Waals surface area (Å²) in [7, 11) is 0. The Labute approximate surface area is 109 Å². The third-order valence-corrected chi connectivity index (χ3v) is 1.87. The lowest BCUT2D eigenvalue weighted by Crippen LogP contribution is -2.52. The minimum absolute atomic E-state index is 0.374. The van der Waals surface area contributed by atoms with Gasteiger partial charge in [-0.25, -0.2) is 4.79 Å². The zero-order valence-corrected chi connectivity index (χ0v) is 10.5. The van der Waals surface area contributed by atoms with Gasteiger partial charge in [-0.2, -0.15) is 0 Å². The Morgan fingerprint density at radius 3 is 2.00 bits per heavy atom. The van der Waals surface area contributed by atoms with Crippen LogP contribution in [0, 0.1) is 0 Å².